The fraction of sp³-hybridized carbons (Fsp3) is 0.545. The average molecular weight is 387 g/mol. The Labute approximate surface area is 167 Å². The highest BCUT2D eigenvalue weighted by atomic mass is 32.2. The molecule has 2 aliphatic heterocycles. The van der Waals surface area contributed by atoms with Crippen molar-refractivity contribution in [2.24, 2.45) is 0 Å². The Bertz CT molecular complexity index is 826. The lowest BCUT2D eigenvalue weighted by atomic mass is 9.78. The second-order valence-electron chi connectivity index (χ2n) is 8.57. The molecule has 1 fully saturated rings. The second-order valence-corrected chi connectivity index (χ2v) is 9.57. The van der Waals surface area contributed by atoms with Crippen LogP contribution in [0.3, 0.4) is 0 Å². The maximum absolute atomic E-state index is 12.4. The SMILES string of the molecule is CCN1C(=O)S/C(=C\c2cc3c(cc2C)N(C(C)C)C(C)(C)C[C@H]3C)C1=O. The summed E-state index contributed by atoms with van der Waals surface area (Å²) < 4.78 is 0. The topological polar surface area (TPSA) is 40.6 Å². The number of imide groups is 1. The summed E-state index contributed by atoms with van der Waals surface area (Å²) in [7, 11) is 0. The van der Waals surface area contributed by atoms with Gasteiger partial charge in [-0.1, -0.05) is 6.92 Å². The molecule has 0 unspecified atom stereocenters. The standard InChI is InChI=1S/C22H30N2O2S/c1-8-23-20(25)19(27-21(23)26)11-16-10-17-15(5)12-22(6,7)24(13(2)3)18(17)9-14(16)4/h9-11,13,15H,8,12H2,1-7H3/b19-11-/t15-/m1/s1. The van der Waals surface area contributed by atoms with Crippen molar-refractivity contribution in [3.63, 3.8) is 0 Å². The van der Waals surface area contributed by atoms with Crippen molar-refractivity contribution in [2.45, 2.75) is 72.4 Å². The van der Waals surface area contributed by atoms with Gasteiger partial charge in [0.25, 0.3) is 11.1 Å². The lowest BCUT2D eigenvalue weighted by Gasteiger charge is -2.50. The van der Waals surface area contributed by atoms with Gasteiger partial charge in [-0.05, 0) is 101 Å². The first-order valence-electron chi connectivity index (χ1n) is 9.76. The Hall–Kier alpha value is -1.75. The van der Waals surface area contributed by atoms with E-state index in [4.69, 9.17) is 0 Å². The molecule has 3 rings (SSSR count). The Morgan fingerprint density at radius 3 is 2.52 bits per heavy atom. The number of rotatable bonds is 3. The second kappa shape index (κ2) is 7.01. The summed E-state index contributed by atoms with van der Waals surface area (Å²) in [4.78, 5) is 28.8. The van der Waals surface area contributed by atoms with Crippen LogP contribution in [0.4, 0.5) is 10.5 Å². The number of hydrogen-bond acceptors (Lipinski definition) is 4. The number of thioether (sulfide) groups is 1. The summed E-state index contributed by atoms with van der Waals surface area (Å²) >= 11 is 1.04. The van der Waals surface area contributed by atoms with Gasteiger partial charge in [0.15, 0.2) is 0 Å². The molecule has 2 aliphatic rings. The number of fused-ring (bicyclic) bond motifs is 1. The average Bonchev–Trinajstić information content (AvgIpc) is 2.81. The summed E-state index contributed by atoms with van der Waals surface area (Å²) in [5, 5.41) is -0.175. The third kappa shape index (κ3) is 3.42. The maximum Gasteiger partial charge on any atom is 0.293 e. The first-order chi connectivity index (χ1) is 12.6. The van der Waals surface area contributed by atoms with Crippen LogP contribution in [0, 0.1) is 6.92 Å². The van der Waals surface area contributed by atoms with Crippen LogP contribution in [-0.4, -0.2) is 34.2 Å². The van der Waals surface area contributed by atoms with Crippen LogP contribution in [0.2, 0.25) is 0 Å². The first kappa shape index (κ1) is 20.0. The summed E-state index contributed by atoms with van der Waals surface area (Å²) in [5.41, 5.74) is 4.90. The van der Waals surface area contributed by atoms with Gasteiger partial charge in [-0.25, -0.2) is 0 Å². The smallest absolute Gasteiger partial charge is 0.293 e. The normalized spacial score (nSPS) is 23.6. The van der Waals surface area contributed by atoms with Crippen LogP contribution in [0.25, 0.3) is 6.08 Å². The van der Waals surface area contributed by atoms with Gasteiger partial charge < -0.3 is 4.90 Å². The van der Waals surface area contributed by atoms with Crippen molar-refractivity contribution >= 4 is 34.7 Å². The van der Waals surface area contributed by atoms with E-state index in [1.54, 1.807) is 0 Å². The zero-order valence-electron chi connectivity index (χ0n) is 17.4. The molecule has 146 valence electrons. The van der Waals surface area contributed by atoms with Gasteiger partial charge in [0, 0.05) is 23.8 Å². The minimum atomic E-state index is -0.178. The van der Waals surface area contributed by atoms with E-state index in [1.807, 2.05) is 13.0 Å². The van der Waals surface area contributed by atoms with Crippen molar-refractivity contribution in [1.29, 1.82) is 0 Å². The molecule has 0 aliphatic carbocycles. The quantitative estimate of drug-likeness (QED) is 0.639. The monoisotopic (exact) mass is 386 g/mol. The molecular weight excluding hydrogens is 356 g/mol. The van der Waals surface area contributed by atoms with E-state index in [0.29, 0.717) is 23.4 Å². The van der Waals surface area contributed by atoms with Crippen LogP contribution in [0.15, 0.2) is 17.0 Å². The van der Waals surface area contributed by atoms with Crippen molar-refractivity contribution < 1.29 is 9.59 Å². The summed E-state index contributed by atoms with van der Waals surface area (Å²) in [5.74, 6) is 0.270. The number of carbonyl (C=O) groups is 2. The highest BCUT2D eigenvalue weighted by Crippen LogP contribution is 2.46. The summed E-state index contributed by atoms with van der Waals surface area (Å²) in [6.07, 6.45) is 2.98. The molecule has 1 atom stereocenters. The van der Waals surface area contributed by atoms with Crippen molar-refractivity contribution in [2.75, 3.05) is 11.4 Å². The predicted molar refractivity (Wildman–Crippen MR) is 114 cm³/mol. The number of hydrogen-bond donors (Lipinski definition) is 0. The van der Waals surface area contributed by atoms with E-state index in [9.17, 15) is 9.59 Å². The van der Waals surface area contributed by atoms with Crippen molar-refractivity contribution in [3.05, 3.63) is 33.7 Å². The molecular formula is C22H30N2O2S. The molecule has 1 aromatic carbocycles. The highest BCUT2D eigenvalue weighted by Gasteiger charge is 2.38. The largest absolute Gasteiger partial charge is 0.364 e. The molecule has 0 aromatic heterocycles. The van der Waals surface area contributed by atoms with E-state index in [0.717, 1.165) is 29.3 Å². The molecule has 27 heavy (non-hydrogen) atoms. The van der Waals surface area contributed by atoms with E-state index >= 15 is 0 Å². The van der Waals surface area contributed by atoms with Gasteiger partial charge in [-0.3, -0.25) is 14.5 Å². The molecule has 0 N–H and O–H groups in total. The maximum atomic E-state index is 12.4. The number of aryl methyl sites for hydroxylation is 1. The molecule has 2 amide bonds. The van der Waals surface area contributed by atoms with Gasteiger partial charge in [0.05, 0.1) is 4.91 Å². The summed E-state index contributed by atoms with van der Waals surface area (Å²) in [6.45, 7) is 15.7. The van der Waals surface area contributed by atoms with E-state index in [2.05, 4.69) is 58.6 Å². The minimum Gasteiger partial charge on any atom is -0.364 e. The van der Waals surface area contributed by atoms with Crippen LogP contribution < -0.4 is 4.90 Å². The lowest BCUT2D eigenvalue weighted by Crippen LogP contribution is -2.51. The third-order valence-corrected chi connectivity index (χ3v) is 6.56. The summed E-state index contributed by atoms with van der Waals surface area (Å²) in [6, 6.07) is 4.89. The molecule has 5 heteroatoms. The zero-order chi connectivity index (χ0) is 20.1. The van der Waals surface area contributed by atoms with E-state index in [-0.39, 0.29) is 16.7 Å². The molecule has 0 radical (unpaired) electrons. The number of likely N-dealkylation sites (N-methyl/N-ethyl adjacent to an activating group) is 1. The molecule has 1 saturated heterocycles. The van der Waals surface area contributed by atoms with Crippen LogP contribution in [-0.2, 0) is 4.79 Å². The van der Waals surface area contributed by atoms with Gasteiger partial charge in [-0.2, -0.15) is 0 Å². The third-order valence-electron chi connectivity index (χ3n) is 5.66. The Morgan fingerprint density at radius 2 is 1.96 bits per heavy atom. The predicted octanol–water partition coefficient (Wildman–Crippen LogP) is 5.55. The number of anilines is 1. The lowest BCUT2D eigenvalue weighted by molar-refractivity contribution is -0.122. The number of nitrogens with zero attached hydrogens (tertiary/aromatic N) is 2. The van der Waals surface area contributed by atoms with Gasteiger partial charge in [0.2, 0.25) is 0 Å². The van der Waals surface area contributed by atoms with Gasteiger partial charge in [0.1, 0.15) is 0 Å². The molecule has 0 spiro atoms. The number of carbonyl (C=O) groups excluding carboxylic acids is 2. The highest BCUT2D eigenvalue weighted by molar-refractivity contribution is 8.18. The first-order valence-corrected chi connectivity index (χ1v) is 10.6. The van der Waals surface area contributed by atoms with Crippen molar-refractivity contribution in [1.82, 2.24) is 4.90 Å². The van der Waals surface area contributed by atoms with Crippen LogP contribution in [0.5, 0.6) is 0 Å². The molecule has 1 aromatic rings. The van der Waals surface area contributed by atoms with Crippen LogP contribution >= 0.6 is 11.8 Å². The molecule has 2 heterocycles. The Balaban J connectivity index is 2.07. The van der Waals surface area contributed by atoms with Gasteiger partial charge >= 0.3 is 0 Å². The Kier molecular flexibility index (Phi) is 5.19. The van der Waals surface area contributed by atoms with E-state index in [1.165, 1.54) is 16.2 Å². The Morgan fingerprint density at radius 1 is 1.30 bits per heavy atom. The van der Waals surface area contributed by atoms with Crippen molar-refractivity contribution in [3.8, 4) is 0 Å². The van der Waals surface area contributed by atoms with E-state index < -0.39 is 0 Å². The minimum absolute atomic E-state index is 0.109. The number of amides is 2. The molecule has 4 nitrogen and oxygen atoms in total. The number of benzene rings is 1. The van der Waals surface area contributed by atoms with Crippen LogP contribution in [0.1, 0.15) is 70.6 Å². The molecule has 0 bridgehead atoms. The fourth-order valence-electron chi connectivity index (χ4n) is 4.66. The fourth-order valence-corrected chi connectivity index (χ4v) is 5.55. The molecule has 0 saturated carbocycles. The zero-order valence-corrected chi connectivity index (χ0v) is 18.2. The van der Waals surface area contributed by atoms with Gasteiger partial charge in [-0.15, -0.1) is 0 Å².